The molecule has 1 aliphatic carbocycles. The third-order valence-corrected chi connectivity index (χ3v) is 15.2. The van der Waals surface area contributed by atoms with Crippen LogP contribution in [-0.2, 0) is 22.2 Å². The van der Waals surface area contributed by atoms with Crippen LogP contribution in [0.5, 0.6) is 11.5 Å². The van der Waals surface area contributed by atoms with E-state index < -0.39 is 35.1 Å². The van der Waals surface area contributed by atoms with Gasteiger partial charge in [-0.2, -0.15) is 5.10 Å². The van der Waals surface area contributed by atoms with Gasteiger partial charge in [-0.15, -0.1) is 0 Å². The molecular formula is C51H57ClF2N8O6. The number of carbonyl (C=O) groups excluding carboxylic acids is 4. The van der Waals surface area contributed by atoms with Gasteiger partial charge < -0.3 is 30.3 Å². The van der Waals surface area contributed by atoms with Crippen LogP contribution < -0.4 is 35.6 Å². The highest BCUT2D eigenvalue weighted by Crippen LogP contribution is 2.56. The molecule has 17 heteroatoms. The van der Waals surface area contributed by atoms with E-state index in [1.165, 1.54) is 30.2 Å². The molecule has 1 aromatic heterocycles. The normalized spacial score (nSPS) is 22.0. The van der Waals surface area contributed by atoms with E-state index in [2.05, 4.69) is 32.8 Å². The second kappa shape index (κ2) is 19.0. The average Bonchev–Trinajstić information content (AvgIpc) is 3.82. The number of fused-ring (bicyclic) bond motifs is 2. The molecule has 4 N–H and O–H groups in total. The average molecular weight is 952 g/mol. The summed E-state index contributed by atoms with van der Waals surface area (Å²) in [7, 11) is 5.07. The molecule has 0 unspecified atom stereocenters. The molecule has 4 aliphatic rings. The summed E-state index contributed by atoms with van der Waals surface area (Å²) in [5.41, 5.74) is 7.53. The molecule has 14 nitrogen and oxygen atoms in total. The van der Waals surface area contributed by atoms with Crippen molar-refractivity contribution in [2.45, 2.75) is 75.9 Å². The Morgan fingerprint density at radius 1 is 1.00 bits per heavy atom. The number of anilines is 2. The Labute approximate surface area is 399 Å². The largest absolute Gasteiger partial charge is 0.494 e. The first-order chi connectivity index (χ1) is 32.7. The van der Waals surface area contributed by atoms with Crippen molar-refractivity contribution in [3.63, 3.8) is 0 Å². The summed E-state index contributed by atoms with van der Waals surface area (Å²) >= 11 is 6.69. The Kier molecular flexibility index (Phi) is 13.1. The fourth-order valence-electron chi connectivity index (χ4n) is 10.9. The van der Waals surface area contributed by atoms with E-state index in [0.29, 0.717) is 36.9 Å². The molecule has 1 saturated carbocycles. The summed E-state index contributed by atoms with van der Waals surface area (Å²) in [6.07, 6.45) is 6.22. The van der Waals surface area contributed by atoms with Gasteiger partial charge in [-0.25, -0.2) is 13.6 Å². The number of hydrogen-bond acceptors (Lipinski definition) is 9. The number of nitrogens with zero attached hydrogens (tertiary/aromatic N) is 5. The number of nitrogens with one attached hydrogen (secondary N) is 2. The van der Waals surface area contributed by atoms with Gasteiger partial charge >= 0.3 is 6.03 Å². The predicted molar refractivity (Wildman–Crippen MR) is 256 cm³/mol. The molecule has 5 aromatic rings. The molecule has 0 radical (unpaired) electrons. The third-order valence-electron chi connectivity index (χ3n) is 14.8. The number of rotatable bonds is 13. The molecule has 3 aliphatic heterocycles. The van der Waals surface area contributed by atoms with Crippen LogP contribution in [0.4, 0.5) is 25.1 Å². The molecule has 3 fully saturated rings. The minimum Gasteiger partial charge on any atom is -0.494 e. The van der Waals surface area contributed by atoms with E-state index in [1.807, 2.05) is 62.3 Å². The molecule has 4 heterocycles. The highest BCUT2D eigenvalue weighted by Gasteiger charge is 2.50. The number of methoxy groups -OCH3 is 1. The van der Waals surface area contributed by atoms with Crippen molar-refractivity contribution in [1.29, 1.82) is 0 Å². The predicted octanol–water partition coefficient (Wildman–Crippen LogP) is 8.03. The Morgan fingerprint density at radius 2 is 1.74 bits per heavy atom. The van der Waals surface area contributed by atoms with Gasteiger partial charge in [-0.05, 0) is 86.8 Å². The van der Waals surface area contributed by atoms with Crippen molar-refractivity contribution in [3.8, 4) is 22.6 Å². The third kappa shape index (κ3) is 8.61. The Bertz CT molecular complexity index is 2770. The molecular weight excluding hydrogens is 894 g/mol. The second-order valence-corrected chi connectivity index (χ2v) is 19.1. The topological polar surface area (TPSA) is 164 Å². The van der Waals surface area contributed by atoms with Crippen LogP contribution in [0.3, 0.4) is 0 Å². The van der Waals surface area contributed by atoms with Crippen LogP contribution in [0.15, 0.2) is 66.7 Å². The molecule has 4 aromatic carbocycles. The summed E-state index contributed by atoms with van der Waals surface area (Å²) in [5.74, 6) is -2.24. The first kappa shape index (κ1) is 46.8. The van der Waals surface area contributed by atoms with E-state index in [1.54, 1.807) is 4.68 Å². The van der Waals surface area contributed by atoms with Crippen LogP contribution in [0.2, 0.25) is 5.02 Å². The number of ether oxygens (including phenoxy) is 2. The van der Waals surface area contributed by atoms with Gasteiger partial charge in [0.2, 0.25) is 17.7 Å². The van der Waals surface area contributed by atoms with Crippen molar-refractivity contribution >= 4 is 57.8 Å². The number of hydrogen-bond donors (Lipinski definition) is 3. The molecule has 68 heavy (non-hydrogen) atoms. The molecule has 9 rings (SSSR count). The smallest absolute Gasteiger partial charge is 0.329 e. The van der Waals surface area contributed by atoms with Gasteiger partial charge in [0.15, 0.2) is 23.0 Å². The molecule has 2 atom stereocenters. The van der Waals surface area contributed by atoms with E-state index in [-0.39, 0.29) is 63.4 Å². The number of piperidine rings is 1. The van der Waals surface area contributed by atoms with Gasteiger partial charge in [0, 0.05) is 105 Å². The van der Waals surface area contributed by atoms with Crippen LogP contribution in [0.1, 0.15) is 85.7 Å². The number of nitrogens with two attached hydrogens (primary N) is 1. The fourth-order valence-corrected chi connectivity index (χ4v) is 11.1. The summed E-state index contributed by atoms with van der Waals surface area (Å²) in [6.45, 7) is 5.04. The zero-order valence-electron chi connectivity index (χ0n) is 38.7. The number of amides is 5. The van der Waals surface area contributed by atoms with Crippen LogP contribution in [-0.4, -0.2) is 91.4 Å². The lowest BCUT2D eigenvalue weighted by molar-refractivity contribution is -0.135. The molecule has 2 saturated heterocycles. The number of imide groups is 1. The summed E-state index contributed by atoms with van der Waals surface area (Å²) in [4.78, 5) is 56.5. The zero-order chi connectivity index (χ0) is 48.0. The lowest BCUT2D eigenvalue weighted by Gasteiger charge is -2.37. The molecule has 0 bridgehead atoms. The summed E-state index contributed by atoms with van der Waals surface area (Å²) in [5, 5.41) is 11.2. The quantitative estimate of drug-likeness (QED) is 0.106. The van der Waals surface area contributed by atoms with Crippen molar-refractivity contribution in [1.82, 2.24) is 25.3 Å². The highest BCUT2D eigenvalue weighted by atomic mass is 35.5. The van der Waals surface area contributed by atoms with Gasteiger partial charge in [0.25, 0.3) is 0 Å². The van der Waals surface area contributed by atoms with Crippen molar-refractivity contribution in [2.24, 2.45) is 24.6 Å². The number of benzene rings is 4. The molecule has 358 valence electrons. The second-order valence-electron chi connectivity index (χ2n) is 18.7. The number of halogens is 3. The standard InChI is InChI=1S/C51H57ClF2N8O6/c1-29-42-40(27-37(53)45(52)44(42)43-36(47(55)64)16-17-39(67-4)46(43)54)68-51(29,32-8-6-5-7-9-32)28-56-33-12-10-31(11-13-33)49(65)59(2)22-18-30-19-23-61(24-20-30)34-14-15-35-38(26-34)60(3)58-48(35)62-25-21-41(63)57-50(62)66/h5-9,14-17,26-27,29-31,33,56H,10-13,18-25,28H2,1-4H3,(H2,55,64)(H,57,63,66)/t29-,31?,33?,51-/m0/s1. The van der Waals surface area contributed by atoms with Gasteiger partial charge in [-0.1, -0.05) is 48.9 Å². The summed E-state index contributed by atoms with van der Waals surface area (Å²) in [6, 6.07) is 19.3. The SMILES string of the molecule is COc1ccc(C(N)=O)c(-c2c(Cl)c(F)cc3c2[C@H](C)[C@@](CNC2CCC(C(=O)N(C)CCC4CCN(c5ccc6c(N7CCC(=O)NC7=O)nn(C)c6c5)CC4)CC2)(c2ccccc2)O3)c1F. The van der Waals surface area contributed by atoms with Crippen molar-refractivity contribution in [3.05, 3.63) is 100 Å². The van der Waals surface area contributed by atoms with Gasteiger partial charge in [0.05, 0.1) is 23.2 Å². The van der Waals surface area contributed by atoms with Crippen LogP contribution in [0.25, 0.3) is 22.0 Å². The number of urea groups is 1. The first-order valence-electron chi connectivity index (χ1n) is 23.4. The van der Waals surface area contributed by atoms with Gasteiger partial charge in [-0.3, -0.25) is 29.3 Å². The van der Waals surface area contributed by atoms with E-state index in [4.69, 9.17) is 26.8 Å². The number of primary amides is 1. The Hall–Kier alpha value is -6.26. The zero-order valence-corrected chi connectivity index (χ0v) is 39.5. The minimum atomic E-state index is -1.07. The van der Waals surface area contributed by atoms with Crippen molar-refractivity contribution in [2.75, 3.05) is 56.7 Å². The number of carbonyl (C=O) groups is 4. The van der Waals surface area contributed by atoms with Crippen LogP contribution >= 0.6 is 11.6 Å². The lowest BCUT2D eigenvalue weighted by atomic mass is 9.77. The Balaban J connectivity index is 0.803. The Morgan fingerprint density at radius 3 is 2.43 bits per heavy atom. The highest BCUT2D eigenvalue weighted by molar-refractivity contribution is 6.34. The van der Waals surface area contributed by atoms with Gasteiger partial charge in [0.1, 0.15) is 11.6 Å². The lowest BCUT2D eigenvalue weighted by Crippen LogP contribution is -2.49. The maximum atomic E-state index is 16.2. The maximum absolute atomic E-state index is 16.2. The number of aromatic nitrogens is 2. The molecule has 5 amide bonds. The van der Waals surface area contributed by atoms with E-state index >= 15 is 8.78 Å². The van der Waals surface area contributed by atoms with Crippen molar-refractivity contribution < 1.29 is 37.4 Å². The first-order valence-corrected chi connectivity index (χ1v) is 23.8. The maximum Gasteiger partial charge on any atom is 0.329 e. The van der Waals surface area contributed by atoms with E-state index in [0.717, 1.165) is 80.2 Å². The number of aryl methyl sites for hydroxylation is 1. The fraction of sp³-hybridized carbons (Fsp3) is 0.431. The molecule has 0 spiro atoms. The monoisotopic (exact) mass is 950 g/mol. The summed E-state index contributed by atoms with van der Waals surface area (Å²) < 4.78 is 45.8. The minimum absolute atomic E-state index is 0.00639. The van der Waals surface area contributed by atoms with Crippen LogP contribution in [0, 0.1) is 23.5 Å². The van der Waals surface area contributed by atoms with E-state index in [9.17, 15) is 19.2 Å².